The first-order chi connectivity index (χ1) is 10.2. The van der Waals surface area contributed by atoms with Gasteiger partial charge in [-0.3, -0.25) is 9.78 Å². The number of benzene rings is 1. The Balaban J connectivity index is 1.97. The number of nitrogens with zero attached hydrogens (tertiary/aromatic N) is 1. The summed E-state index contributed by atoms with van der Waals surface area (Å²) in [6.07, 6.45) is 6.44. The number of anilines is 1. The van der Waals surface area contributed by atoms with Crippen molar-refractivity contribution in [2.45, 2.75) is 0 Å². The predicted octanol–water partition coefficient (Wildman–Crippen LogP) is 2.52. The third-order valence-electron chi connectivity index (χ3n) is 2.71. The maximum atomic E-state index is 11.8. The second-order valence-corrected chi connectivity index (χ2v) is 4.17. The minimum atomic E-state index is -0.412. The van der Waals surface area contributed by atoms with Gasteiger partial charge in [0.25, 0.3) is 0 Å². The summed E-state index contributed by atoms with van der Waals surface area (Å²) >= 11 is 0. The molecule has 1 aromatic heterocycles. The highest BCUT2D eigenvalue weighted by Crippen LogP contribution is 2.10. The van der Waals surface area contributed by atoms with Crippen molar-refractivity contribution in [3.8, 4) is 0 Å². The number of carbonyl (C=O) groups is 2. The topological polar surface area (TPSA) is 68.3 Å². The summed E-state index contributed by atoms with van der Waals surface area (Å²) in [5.41, 5.74) is 1.93. The summed E-state index contributed by atoms with van der Waals surface area (Å²) in [5, 5.41) is 2.70. The van der Waals surface area contributed by atoms with Gasteiger partial charge in [-0.15, -0.1) is 0 Å². The summed E-state index contributed by atoms with van der Waals surface area (Å²) in [4.78, 5) is 26.9. The summed E-state index contributed by atoms with van der Waals surface area (Å²) in [7, 11) is 1.32. The summed E-state index contributed by atoms with van der Waals surface area (Å²) in [5.74, 6) is -0.664. The van der Waals surface area contributed by atoms with Gasteiger partial charge in [0, 0.05) is 24.2 Å². The van der Waals surface area contributed by atoms with Gasteiger partial charge in [0.2, 0.25) is 5.91 Å². The molecular formula is C16H14N2O3. The molecule has 21 heavy (non-hydrogen) atoms. The minimum absolute atomic E-state index is 0.252. The molecule has 106 valence electrons. The van der Waals surface area contributed by atoms with Crippen LogP contribution in [0.4, 0.5) is 5.69 Å². The molecule has 0 atom stereocenters. The number of rotatable bonds is 4. The number of hydrogen-bond donors (Lipinski definition) is 1. The molecule has 5 heteroatoms. The number of methoxy groups -OCH3 is 1. The molecule has 2 rings (SSSR count). The van der Waals surface area contributed by atoms with E-state index >= 15 is 0 Å². The van der Waals surface area contributed by atoms with Gasteiger partial charge in [-0.1, -0.05) is 0 Å². The molecule has 5 nitrogen and oxygen atoms in total. The first kappa shape index (κ1) is 14.5. The molecule has 2 aromatic rings. The molecule has 0 aliphatic carbocycles. The number of amides is 1. The van der Waals surface area contributed by atoms with Gasteiger partial charge in [0.1, 0.15) is 0 Å². The van der Waals surface area contributed by atoms with Crippen molar-refractivity contribution in [3.63, 3.8) is 0 Å². The van der Waals surface area contributed by atoms with E-state index < -0.39 is 5.97 Å². The van der Waals surface area contributed by atoms with Gasteiger partial charge in [0.15, 0.2) is 0 Å². The summed E-state index contributed by atoms with van der Waals surface area (Å²) < 4.78 is 4.60. The van der Waals surface area contributed by atoms with E-state index in [0.717, 1.165) is 5.56 Å². The number of pyridine rings is 1. The van der Waals surface area contributed by atoms with Crippen LogP contribution < -0.4 is 5.32 Å². The predicted molar refractivity (Wildman–Crippen MR) is 79.7 cm³/mol. The fourth-order valence-electron chi connectivity index (χ4n) is 1.64. The highest BCUT2D eigenvalue weighted by Gasteiger charge is 2.04. The number of nitrogens with one attached hydrogen (secondary N) is 1. The zero-order valence-electron chi connectivity index (χ0n) is 11.4. The van der Waals surface area contributed by atoms with Crippen LogP contribution in [0.3, 0.4) is 0 Å². The van der Waals surface area contributed by atoms with Crippen LogP contribution in [0.2, 0.25) is 0 Å². The van der Waals surface area contributed by atoms with Crippen molar-refractivity contribution in [1.82, 2.24) is 4.98 Å². The van der Waals surface area contributed by atoms with Gasteiger partial charge in [-0.2, -0.15) is 0 Å². The Hall–Kier alpha value is -2.95. The van der Waals surface area contributed by atoms with Crippen LogP contribution in [0, 0.1) is 0 Å². The van der Waals surface area contributed by atoms with Gasteiger partial charge in [-0.25, -0.2) is 4.79 Å². The van der Waals surface area contributed by atoms with Crippen molar-refractivity contribution in [3.05, 3.63) is 66.0 Å². The number of hydrogen-bond acceptors (Lipinski definition) is 4. The first-order valence-corrected chi connectivity index (χ1v) is 6.26. The molecule has 0 fully saturated rings. The summed E-state index contributed by atoms with van der Waals surface area (Å²) in [6, 6.07) is 10.1. The van der Waals surface area contributed by atoms with E-state index in [-0.39, 0.29) is 5.91 Å². The number of ether oxygens (including phenoxy) is 1. The Bertz CT molecular complexity index is 649. The molecule has 0 bridgehead atoms. The van der Waals surface area contributed by atoms with E-state index in [4.69, 9.17) is 0 Å². The van der Waals surface area contributed by atoms with Gasteiger partial charge < -0.3 is 10.1 Å². The van der Waals surface area contributed by atoms with E-state index in [9.17, 15) is 9.59 Å². The van der Waals surface area contributed by atoms with E-state index in [1.807, 2.05) is 0 Å². The number of aromatic nitrogens is 1. The van der Waals surface area contributed by atoms with Crippen molar-refractivity contribution in [2.75, 3.05) is 12.4 Å². The van der Waals surface area contributed by atoms with Crippen LogP contribution in [0.5, 0.6) is 0 Å². The van der Waals surface area contributed by atoms with Crippen molar-refractivity contribution in [1.29, 1.82) is 0 Å². The molecule has 0 saturated carbocycles. The average molecular weight is 282 g/mol. The summed E-state index contributed by atoms with van der Waals surface area (Å²) in [6.45, 7) is 0. The van der Waals surface area contributed by atoms with Crippen molar-refractivity contribution < 1.29 is 14.3 Å². The van der Waals surface area contributed by atoms with E-state index in [0.29, 0.717) is 11.3 Å². The standard InChI is InChI=1S/C16H14N2O3/c1-21-16(20)13-3-5-14(6-4-13)18-15(19)7-2-12-8-10-17-11-9-12/h2-11H,1H3,(H,18,19)/b7-2+. The highest BCUT2D eigenvalue weighted by atomic mass is 16.5. The van der Waals surface area contributed by atoms with E-state index in [1.54, 1.807) is 54.9 Å². The largest absolute Gasteiger partial charge is 0.465 e. The molecule has 0 spiro atoms. The average Bonchev–Trinajstić information content (AvgIpc) is 2.54. The molecule has 0 radical (unpaired) electrons. The second-order valence-electron chi connectivity index (χ2n) is 4.17. The lowest BCUT2D eigenvalue weighted by Gasteiger charge is -2.03. The Morgan fingerprint density at radius 2 is 1.76 bits per heavy atom. The zero-order valence-corrected chi connectivity index (χ0v) is 11.4. The maximum absolute atomic E-state index is 11.8. The number of carbonyl (C=O) groups excluding carboxylic acids is 2. The maximum Gasteiger partial charge on any atom is 0.337 e. The molecule has 1 amide bonds. The normalized spacial score (nSPS) is 10.3. The molecule has 0 aliphatic heterocycles. The van der Waals surface area contributed by atoms with Crippen LogP contribution in [0.25, 0.3) is 6.08 Å². The fraction of sp³-hybridized carbons (Fsp3) is 0.0625. The minimum Gasteiger partial charge on any atom is -0.465 e. The number of esters is 1. The lowest BCUT2D eigenvalue weighted by atomic mass is 10.2. The lowest BCUT2D eigenvalue weighted by molar-refractivity contribution is -0.111. The van der Waals surface area contributed by atoms with Gasteiger partial charge in [0.05, 0.1) is 12.7 Å². The monoisotopic (exact) mass is 282 g/mol. The zero-order chi connectivity index (χ0) is 15.1. The fourth-order valence-corrected chi connectivity index (χ4v) is 1.64. The van der Waals surface area contributed by atoms with Gasteiger partial charge in [-0.05, 0) is 48.0 Å². The van der Waals surface area contributed by atoms with Crippen LogP contribution >= 0.6 is 0 Å². The Kier molecular flexibility index (Phi) is 4.82. The van der Waals surface area contributed by atoms with Crippen molar-refractivity contribution in [2.24, 2.45) is 0 Å². The third kappa shape index (κ3) is 4.28. The molecule has 1 aromatic carbocycles. The molecular weight excluding hydrogens is 268 g/mol. The van der Waals surface area contributed by atoms with Crippen LogP contribution in [-0.4, -0.2) is 24.0 Å². The molecule has 1 heterocycles. The van der Waals surface area contributed by atoms with Crippen molar-refractivity contribution >= 4 is 23.6 Å². The first-order valence-electron chi connectivity index (χ1n) is 6.26. The highest BCUT2D eigenvalue weighted by molar-refractivity contribution is 6.02. The SMILES string of the molecule is COC(=O)c1ccc(NC(=O)/C=C/c2ccncc2)cc1. The van der Waals surface area contributed by atoms with Crippen LogP contribution in [-0.2, 0) is 9.53 Å². The quantitative estimate of drug-likeness (QED) is 0.691. The Morgan fingerprint density at radius 1 is 1.10 bits per heavy atom. The Labute approximate surface area is 122 Å². The van der Waals surface area contributed by atoms with E-state index in [2.05, 4.69) is 15.0 Å². The Morgan fingerprint density at radius 3 is 2.38 bits per heavy atom. The molecule has 0 saturated heterocycles. The molecule has 0 unspecified atom stereocenters. The van der Waals surface area contributed by atoms with Gasteiger partial charge >= 0.3 is 5.97 Å². The van der Waals surface area contributed by atoms with E-state index in [1.165, 1.54) is 13.2 Å². The molecule has 1 N–H and O–H groups in total. The third-order valence-corrected chi connectivity index (χ3v) is 2.71. The lowest BCUT2D eigenvalue weighted by Crippen LogP contribution is -2.08. The van der Waals surface area contributed by atoms with Crippen LogP contribution in [0.15, 0.2) is 54.9 Å². The van der Waals surface area contributed by atoms with Crippen LogP contribution in [0.1, 0.15) is 15.9 Å². The second kappa shape index (κ2) is 7.00. The smallest absolute Gasteiger partial charge is 0.337 e. The molecule has 0 aliphatic rings.